The molecular formula is C15H20O4. The third kappa shape index (κ3) is 3.19. The van der Waals surface area contributed by atoms with E-state index in [9.17, 15) is 0 Å². The quantitative estimate of drug-likeness (QED) is 0.658. The minimum atomic E-state index is 0.314. The van der Waals surface area contributed by atoms with Gasteiger partial charge in [-0.05, 0) is 18.4 Å². The molecule has 4 atom stereocenters. The van der Waals surface area contributed by atoms with Gasteiger partial charge in [0.15, 0.2) is 0 Å². The van der Waals surface area contributed by atoms with E-state index in [-0.39, 0.29) is 0 Å². The second kappa shape index (κ2) is 4.93. The lowest BCUT2D eigenvalue weighted by molar-refractivity contribution is 0.144. The first-order chi connectivity index (χ1) is 9.38. The van der Waals surface area contributed by atoms with E-state index in [1.807, 2.05) is 0 Å². The van der Waals surface area contributed by atoms with Crippen molar-refractivity contribution in [2.45, 2.75) is 37.6 Å². The number of rotatable bonds is 7. The van der Waals surface area contributed by atoms with Crippen LogP contribution in [-0.2, 0) is 18.9 Å². The molecule has 3 saturated heterocycles. The van der Waals surface area contributed by atoms with Crippen molar-refractivity contribution >= 4 is 0 Å². The first-order valence-corrected chi connectivity index (χ1v) is 7.25. The van der Waals surface area contributed by atoms with Gasteiger partial charge in [0.2, 0.25) is 0 Å². The predicted molar refractivity (Wildman–Crippen MR) is 68.7 cm³/mol. The Hall–Kier alpha value is -0.840. The van der Waals surface area contributed by atoms with E-state index < -0.39 is 0 Å². The average molecular weight is 264 g/mol. The van der Waals surface area contributed by atoms with Crippen LogP contribution in [0, 0.1) is 5.92 Å². The Morgan fingerprint density at radius 3 is 2.47 bits per heavy atom. The molecule has 0 N–H and O–H groups in total. The molecule has 0 saturated carbocycles. The zero-order valence-corrected chi connectivity index (χ0v) is 11.0. The lowest BCUT2D eigenvalue weighted by Crippen LogP contribution is -2.17. The van der Waals surface area contributed by atoms with E-state index in [2.05, 4.69) is 12.2 Å². The van der Waals surface area contributed by atoms with Crippen LogP contribution >= 0.6 is 0 Å². The highest BCUT2D eigenvalue weighted by molar-refractivity contribution is 5.30. The minimum absolute atomic E-state index is 0.314. The Labute approximate surface area is 113 Å². The molecule has 0 aromatic carbocycles. The van der Waals surface area contributed by atoms with Gasteiger partial charge in [-0.1, -0.05) is 12.2 Å². The van der Waals surface area contributed by atoms with Gasteiger partial charge < -0.3 is 18.9 Å². The summed E-state index contributed by atoms with van der Waals surface area (Å²) in [5.74, 6) is 1.65. The van der Waals surface area contributed by atoms with E-state index in [4.69, 9.17) is 18.9 Å². The molecule has 0 aromatic heterocycles. The molecule has 0 spiro atoms. The van der Waals surface area contributed by atoms with Gasteiger partial charge in [-0.25, -0.2) is 0 Å². The van der Waals surface area contributed by atoms with Crippen molar-refractivity contribution in [3.63, 3.8) is 0 Å². The Bertz CT molecular complexity index is 402. The molecule has 0 bridgehead atoms. The first kappa shape index (κ1) is 11.9. The van der Waals surface area contributed by atoms with Crippen molar-refractivity contribution in [1.82, 2.24) is 0 Å². The number of ether oxygens (including phenoxy) is 4. The summed E-state index contributed by atoms with van der Waals surface area (Å²) in [7, 11) is 0. The van der Waals surface area contributed by atoms with Gasteiger partial charge >= 0.3 is 0 Å². The molecule has 4 heteroatoms. The second-order valence-electron chi connectivity index (χ2n) is 5.84. The fourth-order valence-electron chi connectivity index (χ4n) is 2.71. The Morgan fingerprint density at radius 2 is 1.79 bits per heavy atom. The summed E-state index contributed by atoms with van der Waals surface area (Å²) in [4.78, 5) is 0. The monoisotopic (exact) mass is 264 g/mol. The molecule has 0 aromatic rings. The third-order valence-corrected chi connectivity index (χ3v) is 4.05. The van der Waals surface area contributed by atoms with Crippen molar-refractivity contribution in [2.24, 2.45) is 5.92 Å². The van der Waals surface area contributed by atoms with Gasteiger partial charge in [0.05, 0.1) is 32.0 Å². The second-order valence-corrected chi connectivity index (χ2v) is 5.84. The molecule has 1 aliphatic carbocycles. The summed E-state index contributed by atoms with van der Waals surface area (Å²) < 4.78 is 22.1. The van der Waals surface area contributed by atoms with Crippen molar-refractivity contribution in [2.75, 3.05) is 26.4 Å². The number of hydrogen-bond acceptors (Lipinski definition) is 4. The maximum absolute atomic E-state index is 6.08. The van der Waals surface area contributed by atoms with E-state index in [1.165, 1.54) is 11.3 Å². The molecule has 19 heavy (non-hydrogen) atoms. The van der Waals surface area contributed by atoms with Gasteiger partial charge in [-0.3, -0.25) is 0 Å². The molecule has 3 fully saturated rings. The van der Waals surface area contributed by atoms with Crippen molar-refractivity contribution in [3.8, 4) is 0 Å². The SMILES string of the molecule is C1=CC(CC2CO2)=C(OCC2CO2)C(CC2CO2)C1. The smallest absolute Gasteiger partial charge is 0.116 e. The third-order valence-electron chi connectivity index (χ3n) is 4.05. The van der Waals surface area contributed by atoms with Crippen LogP contribution in [0.4, 0.5) is 0 Å². The minimum Gasteiger partial charge on any atom is -0.495 e. The Kier molecular flexibility index (Phi) is 3.10. The summed E-state index contributed by atoms with van der Waals surface area (Å²) in [6.07, 6.45) is 8.79. The standard InChI is InChI=1S/C15H20O4/c1-2-10(4-12-6-16-12)15(19-9-14-8-18-14)11(3-1)5-13-7-17-13/h1-2,11-14H,3-9H2. The molecule has 4 nitrogen and oxygen atoms in total. The van der Waals surface area contributed by atoms with Gasteiger partial charge in [0.25, 0.3) is 0 Å². The Balaban J connectivity index is 1.47. The summed E-state index contributed by atoms with van der Waals surface area (Å²) >= 11 is 0. The van der Waals surface area contributed by atoms with Crippen molar-refractivity contribution in [3.05, 3.63) is 23.5 Å². The predicted octanol–water partition coefficient (Wildman–Crippen LogP) is 1.81. The Morgan fingerprint density at radius 1 is 1.05 bits per heavy atom. The summed E-state index contributed by atoms with van der Waals surface area (Å²) in [6.45, 7) is 3.36. The van der Waals surface area contributed by atoms with Gasteiger partial charge in [0.1, 0.15) is 18.5 Å². The zero-order valence-electron chi connectivity index (χ0n) is 11.0. The van der Waals surface area contributed by atoms with Crippen LogP contribution in [-0.4, -0.2) is 44.7 Å². The van der Waals surface area contributed by atoms with E-state index >= 15 is 0 Å². The summed E-state index contributed by atoms with van der Waals surface area (Å²) in [6, 6.07) is 0. The zero-order chi connectivity index (χ0) is 12.7. The van der Waals surface area contributed by atoms with Crippen molar-refractivity contribution in [1.29, 1.82) is 0 Å². The summed E-state index contributed by atoms with van der Waals surface area (Å²) in [5.41, 5.74) is 1.32. The molecule has 0 amide bonds. The molecule has 4 rings (SSSR count). The van der Waals surface area contributed by atoms with E-state index in [0.29, 0.717) is 30.8 Å². The topological polar surface area (TPSA) is 46.8 Å². The van der Waals surface area contributed by atoms with Gasteiger partial charge in [-0.2, -0.15) is 0 Å². The summed E-state index contributed by atoms with van der Waals surface area (Å²) in [5, 5.41) is 0. The van der Waals surface area contributed by atoms with Gasteiger partial charge in [0, 0.05) is 12.3 Å². The van der Waals surface area contributed by atoms with Crippen LogP contribution in [0.5, 0.6) is 0 Å². The number of epoxide rings is 3. The highest BCUT2D eigenvalue weighted by Crippen LogP contribution is 2.36. The lowest BCUT2D eigenvalue weighted by Gasteiger charge is -2.25. The maximum Gasteiger partial charge on any atom is 0.116 e. The lowest BCUT2D eigenvalue weighted by atomic mass is 9.88. The fraction of sp³-hybridized carbons (Fsp3) is 0.733. The van der Waals surface area contributed by atoms with Crippen LogP contribution < -0.4 is 0 Å². The van der Waals surface area contributed by atoms with Gasteiger partial charge in [-0.15, -0.1) is 0 Å². The van der Waals surface area contributed by atoms with Crippen LogP contribution in [0.25, 0.3) is 0 Å². The van der Waals surface area contributed by atoms with Crippen molar-refractivity contribution < 1.29 is 18.9 Å². The number of allylic oxidation sites excluding steroid dienone is 3. The van der Waals surface area contributed by atoms with Crippen LogP contribution in [0.15, 0.2) is 23.5 Å². The van der Waals surface area contributed by atoms with Crippen LogP contribution in [0.1, 0.15) is 19.3 Å². The molecule has 104 valence electrons. The number of hydrogen-bond donors (Lipinski definition) is 0. The van der Waals surface area contributed by atoms with E-state index in [0.717, 1.165) is 39.1 Å². The first-order valence-electron chi connectivity index (χ1n) is 7.25. The maximum atomic E-state index is 6.08. The molecule has 3 aliphatic heterocycles. The van der Waals surface area contributed by atoms with Crippen LogP contribution in [0.2, 0.25) is 0 Å². The molecule has 4 unspecified atom stereocenters. The molecule has 0 radical (unpaired) electrons. The molecule has 4 aliphatic rings. The normalized spacial score (nSPS) is 39.4. The highest BCUT2D eigenvalue weighted by Gasteiger charge is 2.34. The van der Waals surface area contributed by atoms with Crippen LogP contribution in [0.3, 0.4) is 0 Å². The highest BCUT2D eigenvalue weighted by atomic mass is 16.6. The molecule has 3 heterocycles. The van der Waals surface area contributed by atoms with E-state index in [1.54, 1.807) is 0 Å². The largest absolute Gasteiger partial charge is 0.495 e. The fourth-order valence-corrected chi connectivity index (χ4v) is 2.71. The molecular weight excluding hydrogens is 244 g/mol. The average Bonchev–Trinajstić information content (AvgIpc) is 3.24.